The molecule has 2 heterocycles. The molecule has 0 fully saturated rings. The number of rotatable bonds is 2. The Morgan fingerprint density at radius 1 is 1.16 bits per heavy atom. The molecule has 0 spiro atoms. The van der Waals surface area contributed by atoms with Gasteiger partial charge in [0.15, 0.2) is 11.5 Å². The highest BCUT2D eigenvalue weighted by molar-refractivity contribution is 9.10. The van der Waals surface area contributed by atoms with Crippen molar-refractivity contribution in [2.45, 2.75) is 12.6 Å². The average Bonchev–Trinajstić information content (AvgIpc) is 3.20. The Bertz CT molecular complexity index is 1310. The molecular weight excluding hydrogens is 496 g/mol. The molecule has 1 aliphatic heterocycles. The molecule has 0 unspecified atom stereocenters. The van der Waals surface area contributed by atoms with Crippen molar-refractivity contribution in [1.29, 1.82) is 5.26 Å². The molecule has 2 aromatic carbocycles. The van der Waals surface area contributed by atoms with Crippen molar-refractivity contribution < 1.29 is 27.2 Å². The fourth-order valence-corrected chi connectivity index (χ4v) is 3.75. The highest BCUT2D eigenvalue weighted by Gasteiger charge is 2.38. The number of carbonyl (C=O) groups is 2. The molecule has 4 rings (SSSR count). The number of carbonyl (C=O) groups excluding carboxylic acids is 2. The first-order chi connectivity index (χ1) is 15.1. The average molecular weight is 507 g/mol. The van der Waals surface area contributed by atoms with Crippen LogP contribution >= 0.6 is 15.9 Å². The van der Waals surface area contributed by atoms with Gasteiger partial charge in [-0.2, -0.15) is 23.5 Å². The number of nitriles is 1. The summed E-state index contributed by atoms with van der Waals surface area (Å²) in [5.41, 5.74) is -1.76. The second-order valence-electron chi connectivity index (χ2n) is 6.89. The summed E-state index contributed by atoms with van der Waals surface area (Å²) in [6.45, 7) is -0.0360. The Balaban J connectivity index is 1.86. The first-order valence-corrected chi connectivity index (χ1v) is 9.91. The molecule has 11 heteroatoms. The predicted molar refractivity (Wildman–Crippen MR) is 108 cm³/mol. The molecule has 0 atom stereocenters. The van der Waals surface area contributed by atoms with E-state index < -0.39 is 34.9 Å². The van der Waals surface area contributed by atoms with E-state index in [1.165, 1.54) is 17.0 Å². The van der Waals surface area contributed by atoms with Gasteiger partial charge in [-0.1, -0.05) is 15.9 Å². The molecule has 1 aliphatic rings. The largest absolute Gasteiger partial charge is 0.435 e. The summed E-state index contributed by atoms with van der Waals surface area (Å²) in [6.07, 6.45) is -4.86. The molecule has 0 saturated heterocycles. The number of halogens is 5. The molecule has 162 valence electrons. The molecule has 0 N–H and O–H groups in total. The van der Waals surface area contributed by atoms with Crippen molar-refractivity contribution in [3.05, 3.63) is 75.3 Å². The Labute approximate surface area is 186 Å². The fraction of sp³-hybridized carbons (Fsp3) is 0.143. The van der Waals surface area contributed by atoms with Crippen LogP contribution in [-0.2, 0) is 6.18 Å². The molecular formula is C21H11BrF4N4O2. The number of amides is 1. The van der Waals surface area contributed by atoms with Crippen LogP contribution in [0.2, 0.25) is 0 Å². The number of benzene rings is 2. The molecule has 1 amide bonds. The lowest BCUT2D eigenvalue weighted by Gasteiger charge is -2.29. The Morgan fingerprint density at radius 3 is 2.59 bits per heavy atom. The Kier molecular flexibility index (Phi) is 5.34. The van der Waals surface area contributed by atoms with Crippen LogP contribution in [0.4, 0.5) is 23.2 Å². The number of hydrogen-bond donors (Lipinski definition) is 0. The summed E-state index contributed by atoms with van der Waals surface area (Å²) in [4.78, 5) is 26.8. The van der Waals surface area contributed by atoms with E-state index in [9.17, 15) is 27.2 Å². The SMILES string of the molecule is N#Cc1cc(-n2nc(C(F)(F)F)cc2C(=O)N2CCC(=O)c3cc(Br)ccc32)ccc1F. The molecule has 6 nitrogen and oxygen atoms in total. The lowest BCUT2D eigenvalue weighted by molar-refractivity contribution is -0.141. The Hall–Kier alpha value is -3.52. The van der Waals surface area contributed by atoms with Gasteiger partial charge in [0.25, 0.3) is 5.91 Å². The van der Waals surface area contributed by atoms with E-state index in [-0.39, 0.29) is 35.7 Å². The van der Waals surface area contributed by atoms with Gasteiger partial charge in [0.1, 0.15) is 17.6 Å². The van der Waals surface area contributed by atoms with Crippen molar-refractivity contribution in [3.8, 4) is 11.8 Å². The van der Waals surface area contributed by atoms with Gasteiger partial charge < -0.3 is 4.90 Å². The van der Waals surface area contributed by atoms with Gasteiger partial charge in [-0.05, 0) is 36.4 Å². The van der Waals surface area contributed by atoms with Crippen LogP contribution in [0.15, 0.2) is 46.9 Å². The van der Waals surface area contributed by atoms with Crippen LogP contribution < -0.4 is 4.90 Å². The minimum absolute atomic E-state index is 0.00934. The van der Waals surface area contributed by atoms with E-state index in [1.54, 1.807) is 12.1 Å². The van der Waals surface area contributed by atoms with Crippen LogP contribution in [0.1, 0.15) is 38.5 Å². The van der Waals surface area contributed by atoms with E-state index in [0.717, 1.165) is 22.9 Å². The van der Waals surface area contributed by atoms with Crippen LogP contribution in [0, 0.1) is 17.1 Å². The lowest BCUT2D eigenvalue weighted by Crippen LogP contribution is -2.38. The number of Topliss-reactive ketones (excluding diaryl/α,β-unsaturated/α-hetero) is 1. The van der Waals surface area contributed by atoms with Crippen molar-refractivity contribution >= 4 is 33.3 Å². The van der Waals surface area contributed by atoms with Crippen molar-refractivity contribution in [3.63, 3.8) is 0 Å². The number of aromatic nitrogens is 2. The molecule has 1 aromatic heterocycles. The zero-order valence-corrected chi connectivity index (χ0v) is 17.5. The number of hydrogen-bond acceptors (Lipinski definition) is 4. The summed E-state index contributed by atoms with van der Waals surface area (Å²) >= 11 is 3.25. The maximum Gasteiger partial charge on any atom is 0.435 e. The zero-order chi connectivity index (χ0) is 23.2. The van der Waals surface area contributed by atoms with Gasteiger partial charge in [0.05, 0.1) is 16.9 Å². The minimum atomic E-state index is -4.85. The second-order valence-corrected chi connectivity index (χ2v) is 7.81. The van der Waals surface area contributed by atoms with Gasteiger partial charge in [-0.3, -0.25) is 9.59 Å². The molecule has 0 radical (unpaired) electrons. The number of ketones is 1. The van der Waals surface area contributed by atoms with E-state index >= 15 is 0 Å². The number of alkyl halides is 3. The summed E-state index contributed by atoms with van der Waals surface area (Å²) < 4.78 is 55.2. The third-order valence-corrected chi connectivity index (χ3v) is 5.38. The quantitative estimate of drug-likeness (QED) is 0.463. The van der Waals surface area contributed by atoms with E-state index in [4.69, 9.17) is 5.26 Å². The second kappa shape index (κ2) is 7.87. The molecule has 0 bridgehead atoms. The lowest BCUT2D eigenvalue weighted by atomic mass is 10.00. The van der Waals surface area contributed by atoms with Crippen LogP contribution in [0.25, 0.3) is 5.69 Å². The summed E-state index contributed by atoms with van der Waals surface area (Å²) in [5.74, 6) is -1.89. The van der Waals surface area contributed by atoms with E-state index in [1.807, 2.05) is 0 Å². The smallest absolute Gasteiger partial charge is 0.306 e. The van der Waals surface area contributed by atoms with Gasteiger partial charge in [0.2, 0.25) is 0 Å². The van der Waals surface area contributed by atoms with Crippen molar-refractivity contribution in [2.75, 3.05) is 11.4 Å². The maximum atomic E-state index is 13.7. The van der Waals surface area contributed by atoms with Gasteiger partial charge in [0, 0.05) is 29.1 Å². The molecule has 32 heavy (non-hydrogen) atoms. The number of nitrogens with zero attached hydrogens (tertiary/aromatic N) is 4. The maximum absolute atomic E-state index is 13.7. The standard InChI is InChI=1S/C21H11BrF4N4O2/c22-12-1-4-16-14(8-12)18(31)5-6-29(16)20(32)17-9-19(21(24,25)26)28-30(17)13-2-3-15(23)11(7-13)10-27/h1-4,7-9H,5-6H2. The highest BCUT2D eigenvalue weighted by atomic mass is 79.9. The van der Waals surface area contributed by atoms with Crippen molar-refractivity contribution in [1.82, 2.24) is 9.78 Å². The monoisotopic (exact) mass is 506 g/mol. The highest BCUT2D eigenvalue weighted by Crippen LogP contribution is 2.34. The first-order valence-electron chi connectivity index (χ1n) is 9.12. The number of fused-ring (bicyclic) bond motifs is 1. The van der Waals surface area contributed by atoms with Crippen LogP contribution in [-0.4, -0.2) is 28.0 Å². The molecule has 0 aliphatic carbocycles. The topological polar surface area (TPSA) is 79.0 Å². The molecule has 3 aromatic rings. The number of anilines is 1. The van der Waals surface area contributed by atoms with Gasteiger partial charge >= 0.3 is 6.18 Å². The van der Waals surface area contributed by atoms with E-state index in [0.29, 0.717) is 10.5 Å². The van der Waals surface area contributed by atoms with Crippen LogP contribution in [0.3, 0.4) is 0 Å². The van der Waals surface area contributed by atoms with Gasteiger partial charge in [-0.15, -0.1) is 0 Å². The van der Waals surface area contributed by atoms with E-state index in [2.05, 4.69) is 21.0 Å². The Morgan fingerprint density at radius 2 is 1.91 bits per heavy atom. The summed E-state index contributed by atoms with van der Waals surface area (Å²) in [6, 6.07) is 9.88. The third-order valence-electron chi connectivity index (χ3n) is 4.89. The fourth-order valence-electron chi connectivity index (χ4n) is 3.38. The normalized spacial score (nSPS) is 13.6. The summed E-state index contributed by atoms with van der Waals surface area (Å²) in [5, 5.41) is 12.5. The molecule has 0 saturated carbocycles. The first kappa shape index (κ1) is 21.7. The van der Waals surface area contributed by atoms with Gasteiger partial charge in [-0.25, -0.2) is 9.07 Å². The van der Waals surface area contributed by atoms with Crippen molar-refractivity contribution in [2.24, 2.45) is 0 Å². The third kappa shape index (κ3) is 3.78. The zero-order valence-electron chi connectivity index (χ0n) is 16.0. The van der Waals surface area contributed by atoms with Crippen LogP contribution in [0.5, 0.6) is 0 Å². The minimum Gasteiger partial charge on any atom is -0.306 e. The summed E-state index contributed by atoms with van der Waals surface area (Å²) in [7, 11) is 0. The predicted octanol–water partition coefficient (Wildman–Crippen LogP) is 4.90.